The molecule has 0 saturated heterocycles. The molecule has 0 spiro atoms. The second kappa shape index (κ2) is 7.02. The molecule has 0 aliphatic heterocycles. The number of thioether (sulfide) groups is 1. The van der Waals surface area contributed by atoms with Crippen LogP contribution in [0.4, 0.5) is 5.69 Å². The van der Waals surface area contributed by atoms with Gasteiger partial charge in [0.2, 0.25) is 0 Å². The van der Waals surface area contributed by atoms with Crippen molar-refractivity contribution in [3.05, 3.63) is 48.0 Å². The highest BCUT2D eigenvalue weighted by Crippen LogP contribution is 2.30. The number of hydrogen-bond donors (Lipinski definition) is 1. The Morgan fingerprint density at radius 2 is 1.92 bits per heavy atom. The fourth-order valence-corrected chi connectivity index (χ4v) is 3.64. The van der Waals surface area contributed by atoms with E-state index >= 15 is 0 Å². The Kier molecular flexibility index (Phi) is 4.82. The van der Waals surface area contributed by atoms with Gasteiger partial charge >= 0.3 is 5.97 Å². The highest BCUT2D eigenvalue weighted by molar-refractivity contribution is 8.00. The third-order valence-corrected chi connectivity index (χ3v) is 5.18. The van der Waals surface area contributed by atoms with Gasteiger partial charge in [-0.15, -0.1) is 11.3 Å². The first-order valence-corrected chi connectivity index (χ1v) is 9.13. The lowest BCUT2D eigenvalue weighted by Crippen LogP contribution is -2.11. The van der Waals surface area contributed by atoms with E-state index in [1.165, 1.54) is 6.92 Å². The number of ether oxygens (including phenoxy) is 1. The first-order valence-electron chi connectivity index (χ1n) is 7.09. The summed E-state index contributed by atoms with van der Waals surface area (Å²) in [5.41, 5.74) is 2.13. The number of hydrogen-bond acceptors (Lipinski definition) is 6. The van der Waals surface area contributed by atoms with Crippen LogP contribution in [0.3, 0.4) is 0 Å². The highest BCUT2D eigenvalue weighted by atomic mass is 32.2. The number of aromatic nitrogens is 1. The van der Waals surface area contributed by atoms with Crippen LogP contribution >= 0.6 is 23.1 Å². The van der Waals surface area contributed by atoms with Gasteiger partial charge in [-0.3, -0.25) is 9.59 Å². The van der Waals surface area contributed by atoms with Crippen molar-refractivity contribution in [3.8, 4) is 5.75 Å². The zero-order valence-corrected chi connectivity index (χ0v) is 14.7. The summed E-state index contributed by atoms with van der Waals surface area (Å²) in [4.78, 5) is 27.7. The number of nitrogens with zero attached hydrogens (tertiary/aromatic N) is 1. The van der Waals surface area contributed by atoms with Crippen LogP contribution in [0.25, 0.3) is 10.2 Å². The van der Waals surface area contributed by atoms with Crippen LogP contribution < -0.4 is 10.1 Å². The van der Waals surface area contributed by atoms with Gasteiger partial charge in [0.15, 0.2) is 4.34 Å². The third kappa shape index (κ3) is 3.74. The summed E-state index contributed by atoms with van der Waals surface area (Å²) in [6, 6.07) is 12.1. The zero-order valence-electron chi connectivity index (χ0n) is 13.0. The highest BCUT2D eigenvalue weighted by Gasteiger charge is 2.09. The Hall–Kier alpha value is -2.38. The van der Waals surface area contributed by atoms with Crippen molar-refractivity contribution < 1.29 is 14.3 Å². The van der Waals surface area contributed by atoms with E-state index in [2.05, 4.69) is 10.3 Å². The van der Waals surface area contributed by atoms with Gasteiger partial charge < -0.3 is 10.1 Å². The number of benzene rings is 2. The number of amides is 1. The van der Waals surface area contributed by atoms with Crippen LogP contribution in [0.5, 0.6) is 5.75 Å². The maximum Gasteiger partial charge on any atom is 0.308 e. The third-order valence-electron chi connectivity index (χ3n) is 3.18. The number of anilines is 1. The van der Waals surface area contributed by atoms with Crippen molar-refractivity contribution >= 4 is 50.9 Å². The van der Waals surface area contributed by atoms with Crippen molar-refractivity contribution in [2.75, 3.05) is 11.6 Å². The van der Waals surface area contributed by atoms with Crippen molar-refractivity contribution in [1.82, 2.24) is 4.98 Å². The van der Waals surface area contributed by atoms with Gasteiger partial charge in [-0.1, -0.05) is 11.8 Å². The van der Waals surface area contributed by atoms with Crippen LogP contribution in [-0.2, 0) is 4.79 Å². The maximum absolute atomic E-state index is 12.3. The van der Waals surface area contributed by atoms with E-state index < -0.39 is 5.97 Å². The first kappa shape index (κ1) is 16.5. The van der Waals surface area contributed by atoms with E-state index in [1.54, 1.807) is 47.4 Å². The van der Waals surface area contributed by atoms with Crippen LogP contribution in [0.2, 0.25) is 0 Å². The average Bonchev–Trinajstić information content (AvgIpc) is 2.97. The van der Waals surface area contributed by atoms with E-state index in [1.807, 2.05) is 24.5 Å². The molecule has 1 amide bonds. The molecule has 0 radical (unpaired) electrons. The molecule has 3 rings (SSSR count). The molecule has 0 aliphatic carbocycles. The fraction of sp³-hybridized carbons (Fsp3) is 0.118. The van der Waals surface area contributed by atoms with E-state index in [9.17, 15) is 9.59 Å². The molecule has 3 aromatic rings. The summed E-state index contributed by atoms with van der Waals surface area (Å²) in [6.07, 6.45) is 1.99. The molecule has 0 saturated carbocycles. The molecule has 122 valence electrons. The topological polar surface area (TPSA) is 68.3 Å². The molecule has 1 heterocycles. The molecular weight excluding hydrogens is 344 g/mol. The standard InChI is InChI=1S/C17H14N2O3S2/c1-10(20)22-13-6-3-11(4-7-13)16(21)18-12-5-8-14-15(9-12)24-17(19-14)23-2/h3-9H,1-2H3,(H,18,21). The van der Waals surface area contributed by atoms with E-state index in [-0.39, 0.29) is 5.91 Å². The Morgan fingerprint density at radius 1 is 1.17 bits per heavy atom. The van der Waals surface area contributed by atoms with Crippen molar-refractivity contribution in [3.63, 3.8) is 0 Å². The van der Waals surface area contributed by atoms with Gasteiger partial charge in [0.25, 0.3) is 5.91 Å². The summed E-state index contributed by atoms with van der Waals surface area (Å²) in [5, 5.41) is 2.86. The van der Waals surface area contributed by atoms with Crippen molar-refractivity contribution in [2.24, 2.45) is 0 Å². The quantitative estimate of drug-likeness (QED) is 0.430. The number of nitrogens with one attached hydrogen (secondary N) is 1. The van der Waals surface area contributed by atoms with Crippen LogP contribution in [0.15, 0.2) is 46.8 Å². The second-order valence-electron chi connectivity index (χ2n) is 4.94. The lowest BCUT2D eigenvalue weighted by atomic mass is 10.2. The number of esters is 1. The van der Waals surface area contributed by atoms with Gasteiger partial charge in [0.1, 0.15) is 5.75 Å². The molecule has 2 aromatic carbocycles. The largest absolute Gasteiger partial charge is 0.427 e. The Bertz CT molecular complexity index is 904. The first-order chi connectivity index (χ1) is 11.5. The fourth-order valence-electron chi connectivity index (χ4n) is 2.11. The molecule has 0 atom stereocenters. The van der Waals surface area contributed by atoms with Gasteiger partial charge in [-0.25, -0.2) is 4.98 Å². The molecule has 5 nitrogen and oxygen atoms in total. The molecule has 0 bridgehead atoms. The summed E-state index contributed by atoms with van der Waals surface area (Å²) < 4.78 is 6.98. The monoisotopic (exact) mass is 358 g/mol. The molecule has 24 heavy (non-hydrogen) atoms. The number of carbonyl (C=O) groups excluding carboxylic acids is 2. The summed E-state index contributed by atoms with van der Waals surface area (Å²) in [5.74, 6) is -0.206. The lowest BCUT2D eigenvalue weighted by molar-refractivity contribution is -0.131. The second-order valence-corrected chi connectivity index (χ2v) is 7.02. The van der Waals surface area contributed by atoms with Gasteiger partial charge in [-0.2, -0.15) is 0 Å². The minimum absolute atomic E-state index is 0.224. The molecule has 0 unspecified atom stereocenters. The number of fused-ring (bicyclic) bond motifs is 1. The normalized spacial score (nSPS) is 10.6. The molecule has 0 fully saturated rings. The number of thiazole rings is 1. The number of rotatable bonds is 4. The van der Waals surface area contributed by atoms with E-state index in [4.69, 9.17) is 4.74 Å². The molecule has 1 N–H and O–H groups in total. The van der Waals surface area contributed by atoms with E-state index in [0.29, 0.717) is 17.0 Å². The average molecular weight is 358 g/mol. The predicted octanol–water partition coefficient (Wildman–Crippen LogP) is 4.20. The van der Waals surface area contributed by atoms with Gasteiger partial charge in [0.05, 0.1) is 10.2 Å². The summed E-state index contributed by atoms with van der Waals surface area (Å²) in [7, 11) is 0. The lowest BCUT2D eigenvalue weighted by Gasteiger charge is -2.06. The predicted molar refractivity (Wildman–Crippen MR) is 97.1 cm³/mol. The molecular formula is C17H14N2O3S2. The Balaban J connectivity index is 1.75. The molecule has 7 heteroatoms. The Labute approximate surface area is 147 Å². The molecule has 0 aliphatic rings. The minimum Gasteiger partial charge on any atom is -0.427 e. The van der Waals surface area contributed by atoms with Gasteiger partial charge in [0, 0.05) is 18.2 Å². The van der Waals surface area contributed by atoms with E-state index in [0.717, 1.165) is 14.6 Å². The van der Waals surface area contributed by atoms with Crippen LogP contribution in [0.1, 0.15) is 17.3 Å². The van der Waals surface area contributed by atoms with Crippen LogP contribution in [0, 0.1) is 0 Å². The summed E-state index contributed by atoms with van der Waals surface area (Å²) >= 11 is 3.19. The zero-order chi connectivity index (χ0) is 17.1. The smallest absolute Gasteiger partial charge is 0.308 e. The van der Waals surface area contributed by atoms with Gasteiger partial charge in [-0.05, 0) is 48.7 Å². The molecule has 1 aromatic heterocycles. The minimum atomic E-state index is -0.394. The van der Waals surface area contributed by atoms with Crippen LogP contribution in [-0.4, -0.2) is 23.1 Å². The van der Waals surface area contributed by atoms with Crippen molar-refractivity contribution in [1.29, 1.82) is 0 Å². The number of carbonyl (C=O) groups is 2. The van der Waals surface area contributed by atoms with Crippen molar-refractivity contribution in [2.45, 2.75) is 11.3 Å². The SMILES string of the molecule is CSc1nc2ccc(NC(=O)c3ccc(OC(C)=O)cc3)cc2s1. The maximum atomic E-state index is 12.3. The Morgan fingerprint density at radius 3 is 2.58 bits per heavy atom. The summed E-state index contributed by atoms with van der Waals surface area (Å²) in [6.45, 7) is 1.33.